The van der Waals surface area contributed by atoms with Crippen LogP contribution >= 0.6 is 11.3 Å². The van der Waals surface area contributed by atoms with Gasteiger partial charge in [-0.2, -0.15) is 0 Å². The molecule has 0 unspecified atom stereocenters. The fourth-order valence-electron chi connectivity index (χ4n) is 2.64. The van der Waals surface area contributed by atoms with Crippen LogP contribution in [0.25, 0.3) is 0 Å². The first kappa shape index (κ1) is 19.3. The van der Waals surface area contributed by atoms with Crippen molar-refractivity contribution in [3.8, 4) is 0 Å². The molecule has 1 amide bonds. The highest BCUT2D eigenvalue weighted by Crippen LogP contribution is 2.16. The number of carbonyl (C=O) groups excluding carboxylic acids is 1. The zero-order valence-corrected chi connectivity index (χ0v) is 16.1. The Balaban J connectivity index is 1.79. The molecule has 0 saturated carbocycles. The van der Waals surface area contributed by atoms with Gasteiger partial charge in [0.2, 0.25) is 0 Å². The summed E-state index contributed by atoms with van der Waals surface area (Å²) < 4.78 is 0. The number of nitrogens with zero attached hydrogens (tertiary/aromatic N) is 3. The molecule has 0 radical (unpaired) electrons. The number of rotatable bonds is 9. The van der Waals surface area contributed by atoms with Crippen LogP contribution in [0.5, 0.6) is 0 Å². The zero-order valence-electron chi connectivity index (χ0n) is 15.3. The summed E-state index contributed by atoms with van der Waals surface area (Å²) in [5, 5.41) is 8.69. The number of carbonyl (C=O) groups is 1. The molecule has 7 heteroatoms. The summed E-state index contributed by atoms with van der Waals surface area (Å²) in [7, 11) is 0. The van der Waals surface area contributed by atoms with E-state index in [9.17, 15) is 4.79 Å². The number of amides is 1. The molecule has 2 aromatic rings. The first-order valence-corrected chi connectivity index (χ1v) is 9.47. The molecule has 2 heterocycles. The van der Waals surface area contributed by atoms with Gasteiger partial charge >= 0.3 is 0 Å². The fraction of sp³-hybridized carbons (Fsp3) is 0.500. The summed E-state index contributed by atoms with van der Waals surface area (Å²) in [6.45, 7) is 10.8. The summed E-state index contributed by atoms with van der Waals surface area (Å²) in [6.07, 6.45) is 3.55. The third-order valence-corrected chi connectivity index (χ3v) is 4.69. The number of anilines is 1. The van der Waals surface area contributed by atoms with Crippen LogP contribution in [0, 0.1) is 0 Å². The summed E-state index contributed by atoms with van der Waals surface area (Å²) in [4.78, 5) is 23.0. The molecule has 2 rings (SSSR count). The van der Waals surface area contributed by atoms with E-state index in [1.807, 2.05) is 18.3 Å². The van der Waals surface area contributed by atoms with Crippen molar-refractivity contribution in [3.63, 3.8) is 0 Å². The largest absolute Gasteiger partial charge is 0.357 e. The number of thiazole rings is 1. The van der Waals surface area contributed by atoms with Gasteiger partial charge in [-0.1, -0.05) is 6.07 Å². The smallest absolute Gasteiger partial charge is 0.270 e. The predicted octanol–water partition coefficient (Wildman–Crippen LogP) is 3.00. The molecule has 2 N–H and O–H groups in total. The summed E-state index contributed by atoms with van der Waals surface area (Å²) in [6, 6.07) is 4.81. The molecule has 136 valence electrons. The van der Waals surface area contributed by atoms with Gasteiger partial charge in [-0.15, -0.1) is 11.3 Å². The Kier molecular flexibility index (Phi) is 7.33. The van der Waals surface area contributed by atoms with E-state index < -0.39 is 0 Å². The highest BCUT2D eigenvalue weighted by atomic mass is 32.1. The van der Waals surface area contributed by atoms with Crippen LogP contribution in [0.2, 0.25) is 0 Å². The number of aromatic nitrogens is 2. The minimum atomic E-state index is -0.127. The monoisotopic (exact) mass is 361 g/mol. The van der Waals surface area contributed by atoms with Gasteiger partial charge in [-0.25, -0.2) is 4.98 Å². The van der Waals surface area contributed by atoms with Crippen molar-refractivity contribution in [1.82, 2.24) is 20.2 Å². The molecule has 6 nitrogen and oxygen atoms in total. The Bertz CT molecular complexity index is 648. The van der Waals surface area contributed by atoms with Crippen molar-refractivity contribution in [1.29, 1.82) is 0 Å². The minimum absolute atomic E-state index is 0.127. The second kappa shape index (κ2) is 9.48. The van der Waals surface area contributed by atoms with Crippen molar-refractivity contribution in [2.45, 2.75) is 46.3 Å². The molecule has 0 aromatic carbocycles. The van der Waals surface area contributed by atoms with Crippen LogP contribution in [0.4, 0.5) is 5.13 Å². The van der Waals surface area contributed by atoms with E-state index in [1.54, 1.807) is 11.6 Å². The van der Waals surface area contributed by atoms with E-state index in [2.05, 4.69) is 53.2 Å². The quantitative estimate of drug-likeness (QED) is 0.718. The van der Waals surface area contributed by atoms with Gasteiger partial charge in [0.25, 0.3) is 5.91 Å². The molecule has 25 heavy (non-hydrogen) atoms. The highest BCUT2D eigenvalue weighted by Gasteiger charge is 2.14. The number of hydrogen-bond acceptors (Lipinski definition) is 6. The SMILES string of the molecule is CC(C)N(CCNC(=O)c1csc(NCc2cccnc2)n1)C(C)C. The van der Waals surface area contributed by atoms with E-state index >= 15 is 0 Å². The Morgan fingerprint density at radius 1 is 1.28 bits per heavy atom. The number of nitrogens with one attached hydrogen (secondary N) is 2. The van der Waals surface area contributed by atoms with Gasteiger partial charge < -0.3 is 10.6 Å². The van der Waals surface area contributed by atoms with Crippen LogP contribution in [0.15, 0.2) is 29.9 Å². The average Bonchev–Trinajstić information content (AvgIpc) is 3.06. The molecule has 0 aliphatic heterocycles. The van der Waals surface area contributed by atoms with E-state index in [1.165, 1.54) is 11.3 Å². The third-order valence-electron chi connectivity index (χ3n) is 3.89. The third kappa shape index (κ3) is 6.10. The van der Waals surface area contributed by atoms with Gasteiger partial charge in [0.05, 0.1) is 0 Å². The van der Waals surface area contributed by atoms with Crippen molar-refractivity contribution in [3.05, 3.63) is 41.2 Å². The molecule has 0 spiro atoms. The maximum Gasteiger partial charge on any atom is 0.270 e. The lowest BCUT2D eigenvalue weighted by Crippen LogP contribution is -2.42. The minimum Gasteiger partial charge on any atom is -0.357 e. The van der Waals surface area contributed by atoms with Gasteiger partial charge in [-0.05, 0) is 39.3 Å². The van der Waals surface area contributed by atoms with Crippen LogP contribution in [0.1, 0.15) is 43.7 Å². The lowest BCUT2D eigenvalue weighted by atomic mass is 10.2. The van der Waals surface area contributed by atoms with Gasteiger partial charge in [0, 0.05) is 49.5 Å². The van der Waals surface area contributed by atoms with Crippen LogP contribution in [-0.4, -0.2) is 45.9 Å². The Morgan fingerprint density at radius 3 is 2.68 bits per heavy atom. The lowest BCUT2D eigenvalue weighted by molar-refractivity contribution is 0.0935. The van der Waals surface area contributed by atoms with Crippen LogP contribution < -0.4 is 10.6 Å². The van der Waals surface area contributed by atoms with Crippen molar-refractivity contribution >= 4 is 22.4 Å². The second-order valence-electron chi connectivity index (χ2n) is 6.43. The normalized spacial score (nSPS) is 11.3. The molecule has 0 aliphatic rings. The molecule has 2 aromatic heterocycles. The van der Waals surface area contributed by atoms with E-state index in [-0.39, 0.29) is 5.91 Å². The Morgan fingerprint density at radius 2 is 2.04 bits per heavy atom. The van der Waals surface area contributed by atoms with Gasteiger partial charge in [0.15, 0.2) is 5.13 Å². The predicted molar refractivity (Wildman–Crippen MR) is 103 cm³/mol. The number of pyridine rings is 1. The molecule has 0 aliphatic carbocycles. The average molecular weight is 362 g/mol. The Hall–Kier alpha value is -1.99. The molecule has 0 fully saturated rings. The van der Waals surface area contributed by atoms with Gasteiger partial charge in [0.1, 0.15) is 5.69 Å². The Labute approximate surface area is 153 Å². The number of hydrogen-bond donors (Lipinski definition) is 2. The van der Waals surface area contributed by atoms with E-state index in [0.29, 0.717) is 30.9 Å². The molecule has 0 atom stereocenters. The topological polar surface area (TPSA) is 70.2 Å². The highest BCUT2D eigenvalue weighted by molar-refractivity contribution is 7.13. The first-order chi connectivity index (χ1) is 12.0. The maximum atomic E-state index is 12.2. The standard InChI is InChI=1S/C18H27N5OS/c1-13(2)23(14(3)4)9-8-20-17(24)16-12-25-18(22-16)21-11-15-6-5-7-19-10-15/h5-7,10,12-14H,8-9,11H2,1-4H3,(H,20,24)(H,21,22). The van der Waals surface area contributed by atoms with Crippen LogP contribution in [-0.2, 0) is 6.54 Å². The lowest BCUT2D eigenvalue weighted by Gasteiger charge is -2.30. The van der Waals surface area contributed by atoms with Crippen molar-refractivity contribution < 1.29 is 4.79 Å². The molecular weight excluding hydrogens is 334 g/mol. The van der Waals surface area contributed by atoms with Gasteiger partial charge in [-0.3, -0.25) is 14.7 Å². The summed E-state index contributed by atoms with van der Waals surface area (Å²) in [5.74, 6) is -0.127. The summed E-state index contributed by atoms with van der Waals surface area (Å²) >= 11 is 1.43. The van der Waals surface area contributed by atoms with E-state index in [0.717, 1.165) is 17.2 Å². The second-order valence-corrected chi connectivity index (χ2v) is 7.29. The molecule has 0 saturated heterocycles. The molecule has 0 bridgehead atoms. The fourth-order valence-corrected chi connectivity index (χ4v) is 3.33. The maximum absolute atomic E-state index is 12.2. The summed E-state index contributed by atoms with van der Waals surface area (Å²) in [5.41, 5.74) is 1.53. The van der Waals surface area contributed by atoms with E-state index in [4.69, 9.17) is 0 Å². The van der Waals surface area contributed by atoms with Crippen LogP contribution in [0.3, 0.4) is 0 Å². The zero-order chi connectivity index (χ0) is 18.2. The first-order valence-electron chi connectivity index (χ1n) is 8.59. The van der Waals surface area contributed by atoms with Crippen molar-refractivity contribution in [2.24, 2.45) is 0 Å². The van der Waals surface area contributed by atoms with Crippen molar-refractivity contribution in [2.75, 3.05) is 18.4 Å². The molecular formula is C18H27N5OS.